The lowest BCUT2D eigenvalue weighted by Gasteiger charge is -2.21. The Hall–Kier alpha value is -2.27. The number of hydrogen-bond donors (Lipinski definition) is 2. The number of carbonyl (C=O) groups is 1. The summed E-state index contributed by atoms with van der Waals surface area (Å²) in [5, 5.41) is 12.8. The first-order valence-corrected chi connectivity index (χ1v) is 6.71. The van der Waals surface area contributed by atoms with E-state index < -0.39 is 11.7 Å². The van der Waals surface area contributed by atoms with Gasteiger partial charge in [-0.25, -0.2) is 4.79 Å². The first-order chi connectivity index (χ1) is 9.97. The van der Waals surface area contributed by atoms with Gasteiger partial charge in [0.2, 0.25) is 0 Å². The number of benzene rings is 1. The predicted octanol–water partition coefficient (Wildman–Crippen LogP) is 2.72. The van der Waals surface area contributed by atoms with Gasteiger partial charge in [-0.2, -0.15) is 0 Å². The number of aryl methyl sites for hydroxylation is 1. The van der Waals surface area contributed by atoms with Crippen LogP contribution < -0.4 is 5.32 Å². The van der Waals surface area contributed by atoms with E-state index in [0.29, 0.717) is 11.5 Å². The van der Waals surface area contributed by atoms with Gasteiger partial charge in [0.15, 0.2) is 0 Å². The SMILES string of the molecule is Cc1ccc(C(C)(O)CNC(=O)OCc2ccccc2)o1. The van der Waals surface area contributed by atoms with Gasteiger partial charge in [0.1, 0.15) is 23.7 Å². The van der Waals surface area contributed by atoms with E-state index in [-0.39, 0.29) is 13.2 Å². The molecule has 0 saturated heterocycles. The van der Waals surface area contributed by atoms with Crippen molar-refractivity contribution in [1.82, 2.24) is 5.32 Å². The maximum Gasteiger partial charge on any atom is 0.407 e. The Balaban J connectivity index is 1.81. The molecule has 2 N–H and O–H groups in total. The third-order valence-corrected chi connectivity index (χ3v) is 3.06. The molecule has 1 amide bonds. The highest BCUT2D eigenvalue weighted by Gasteiger charge is 2.27. The van der Waals surface area contributed by atoms with Crippen LogP contribution in [0.3, 0.4) is 0 Å². The highest BCUT2D eigenvalue weighted by Crippen LogP contribution is 2.21. The lowest BCUT2D eigenvalue weighted by atomic mass is 10.0. The lowest BCUT2D eigenvalue weighted by Crippen LogP contribution is -2.38. The van der Waals surface area contributed by atoms with E-state index in [4.69, 9.17) is 9.15 Å². The summed E-state index contributed by atoms with van der Waals surface area (Å²) in [6.45, 7) is 3.56. The summed E-state index contributed by atoms with van der Waals surface area (Å²) in [5.41, 5.74) is -0.374. The Morgan fingerprint density at radius 1 is 1.29 bits per heavy atom. The minimum absolute atomic E-state index is 0.00752. The molecule has 1 unspecified atom stereocenters. The zero-order valence-corrected chi connectivity index (χ0v) is 12.1. The largest absolute Gasteiger partial charge is 0.463 e. The van der Waals surface area contributed by atoms with E-state index in [2.05, 4.69) is 5.32 Å². The summed E-state index contributed by atoms with van der Waals surface area (Å²) in [5.74, 6) is 1.11. The molecule has 1 aromatic heterocycles. The van der Waals surface area contributed by atoms with Crippen molar-refractivity contribution < 1.29 is 19.1 Å². The molecule has 0 saturated carbocycles. The van der Waals surface area contributed by atoms with E-state index in [1.54, 1.807) is 26.0 Å². The van der Waals surface area contributed by atoms with Gasteiger partial charge in [0.25, 0.3) is 0 Å². The van der Waals surface area contributed by atoms with Gasteiger partial charge < -0.3 is 19.6 Å². The molecule has 2 rings (SSSR count). The standard InChI is InChI=1S/C16H19NO4/c1-12-8-9-14(21-12)16(2,19)11-17-15(18)20-10-13-6-4-3-5-7-13/h3-9,19H,10-11H2,1-2H3,(H,17,18). The van der Waals surface area contributed by atoms with Crippen LogP contribution >= 0.6 is 0 Å². The molecule has 0 spiro atoms. The van der Waals surface area contributed by atoms with Crippen LogP contribution in [0.1, 0.15) is 24.0 Å². The Bertz CT molecular complexity index is 589. The zero-order valence-electron chi connectivity index (χ0n) is 12.1. The van der Waals surface area contributed by atoms with E-state index in [1.807, 2.05) is 30.3 Å². The number of nitrogens with one attached hydrogen (secondary N) is 1. The topological polar surface area (TPSA) is 71.7 Å². The highest BCUT2D eigenvalue weighted by molar-refractivity contribution is 5.67. The summed E-state index contributed by atoms with van der Waals surface area (Å²) >= 11 is 0. The van der Waals surface area contributed by atoms with Crippen molar-refractivity contribution >= 4 is 6.09 Å². The second kappa shape index (κ2) is 6.45. The molecule has 21 heavy (non-hydrogen) atoms. The molecule has 5 nitrogen and oxygen atoms in total. The highest BCUT2D eigenvalue weighted by atomic mass is 16.5. The first kappa shape index (κ1) is 15.1. The molecule has 0 aliphatic carbocycles. The van der Waals surface area contributed by atoms with Crippen molar-refractivity contribution in [3.8, 4) is 0 Å². The quantitative estimate of drug-likeness (QED) is 0.887. The van der Waals surface area contributed by atoms with E-state index in [0.717, 1.165) is 5.56 Å². The molecule has 5 heteroatoms. The van der Waals surface area contributed by atoms with E-state index in [9.17, 15) is 9.90 Å². The van der Waals surface area contributed by atoms with Crippen LogP contribution in [-0.4, -0.2) is 17.7 Å². The molecule has 0 aliphatic rings. The molecule has 1 heterocycles. The molecule has 2 aromatic rings. The van der Waals surface area contributed by atoms with Gasteiger partial charge in [-0.15, -0.1) is 0 Å². The van der Waals surface area contributed by atoms with E-state index in [1.165, 1.54) is 0 Å². The summed E-state index contributed by atoms with van der Waals surface area (Å²) in [7, 11) is 0. The number of ether oxygens (including phenoxy) is 1. The summed E-state index contributed by atoms with van der Waals surface area (Å²) < 4.78 is 10.4. The molecule has 0 radical (unpaired) electrons. The summed E-state index contributed by atoms with van der Waals surface area (Å²) in [4.78, 5) is 11.6. The van der Waals surface area contributed by atoms with Crippen LogP contribution in [0.5, 0.6) is 0 Å². The zero-order chi connectivity index (χ0) is 15.3. The molecule has 1 atom stereocenters. The van der Waals surface area contributed by atoms with Gasteiger partial charge in [0, 0.05) is 0 Å². The van der Waals surface area contributed by atoms with Crippen LogP contribution in [0.2, 0.25) is 0 Å². The summed E-state index contributed by atoms with van der Waals surface area (Å²) in [6, 6.07) is 12.8. The third kappa shape index (κ3) is 4.36. The van der Waals surface area contributed by atoms with Gasteiger partial charge in [0.05, 0.1) is 6.54 Å². The first-order valence-electron chi connectivity index (χ1n) is 6.71. The fourth-order valence-corrected chi connectivity index (χ4v) is 1.83. The van der Waals surface area contributed by atoms with Crippen LogP contribution in [0.4, 0.5) is 4.79 Å². The fraction of sp³-hybridized carbons (Fsp3) is 0.312. The second-order valence-electron chi connectivity index (χ2n) is 5.10. The Morgan fingerprint density at radius 3 is 2.62 bits per heavy atom. The van der Waals surface area contributed by atoms with Crippen molar-refractivity contribution in [2.45, 2.75) is 26.1 Å². The fourth-order valence-electron chi connectivity index (χ4n) is 1.83. The number of amides is 1. The Kier molecular flexibility index (Phi) is 4.65. The maximum atomic E-state index is 11.6. The van der Waals surface area contributed by atoms with Crippen LogP contribution in [0.25, 0.3) is 0 Å². The molecule has 1 aromatic carbocycles. The average Bonchev–Trinajstić information content (AvgIpc) is 2.92. The van der Waals surface area contributed by atoms with Crippen molar-refractivity contribution in [3.63, 3.8) is 0 Å². The van der Waals surface area contributed by atoms with Gasteiger partial charge in [-0.05, 0) is 31.5 Å². The molecular formula is C16H19NO4. The number of hydrogen-bond acceptors (Lipinski definition) is 4. The molecular weight excluding hydrogens is 270 g/mol. The van der Waals surface area contributed by atoms with E-state index >= 15 is 0 Å². The summed E-state index contributed by atoms with van der Waals surface area (Å²) in [6.07, 6.45) is -0.581. The minimum atomic E-state index is -1.28. The van der Waals surface area contributed by atoms with Crippen molar-refractivity contribution in [3.05, 3.63) is 59.5 Å². The Labute approximate surface area is 123 Å². The average molecular weight is 289 g/mol. The molecule has 0 aliphatic heterocycles. The van der Waals surface area contributed by atoms with Crippen LogP contribution in [0, 0.1) is 6.92 Å². The third-order valence-electron chi connectivity index (χ3n) is 3.06. The van der Waals surface area contributed by atoms with Gasteiger partial charge in [-0.1, -0.05) is 30.3 Å². The Morgan fingerprint density at radius 2 is 2.00 bits per heavy atom. The number of carbonyl (C=O) groups excluding carboxylic acids is 1. The predicted molar refractivity (Wildman–Crippen MR) is 77.6 cm³/mol. The van der Waals surface area contributed by atoms with Crippen LogP contribution in [0.15, 0.2) is 46.9 Å². The number of furan rings is 1. The minimum Gasteiger partial charge on any atom is -0.463 e. The lowest BCUT2D eigenvalue weighted by molar-refractivity contribution is 0.0315. The van der Waals surface area contributed by atoms with Crippen LogP contribution in [-0.2, 0) is 16.9 Å². The van der Waals surface area contributed by atoms with Gasteiger partial charge >= 0.3 is 6.09 Å². The maximum absolute atomic E-state index is 11.6. The van der Waals surface area contributed by atoms with Crippen molar-refractivity contribution in [2.75, 3.05) is 6.54 Å². The normalized spacial score (nSPS) is 13.5. The van der Waals surface area contributed by atoms with Crippen molar-refractivity contribution in [1.29, 1.82) is 0 Å². The van der Waals surface area contributed by atoms with Gasteiger partial charge in [-0.3, -0.25) is 0 Å². The second-order valence-corrected chi connectivity index (χ2v) is 5.10. The molecule has 112 valence electrons. The van der Waals surface area contributed by atoms with Crippen molar-refractivity contribution in [2.24, 2.45) is 0 Å². The smallest absolute Gasteiger partial charge is 0.407 e. The number of alkyl carbamates (subject to hydrolysis) is 1. The molecule has 0 fully saturated rings. The molecule has 0 bridgehead atoms. The number of rotatable bonds is 5. The monoisotopic (exact) mass is 289 g/mol. The number of aliphatic hydroxyl groups is 1.